The maximum Gasteiger partial charge on any atom is 0.230 e. The summed E-state index contributed by atoms with van der Waals surface area (Å²) in [6.45, 7) is 3.72. The van der Waals surface area contributed by atoms with E-state index in [1.54, 1.807) is 37.4 Å². The van der Waals surface area contributed by atoms with Gasteiger partial charge in [0.1, 0.15) is 23.6 Å². The fourth-order valence-corrected chi connectivity index (χ4v) is 6.07. The van der Waals surface area contributed by atoms with E-state index in [4.69, 9.17) is 9.47 Å². The molecule has 1 N–H and O–H groups in total. The number of halogens is 1. The first-order valence-electron chi connectivity index (χ1n) is 14.1. The van der Waals surface area contributed by atoms with Crippen molar-refractivity contribution in [3.8, 4) is 23.2 Å². The van der Waals surface area contributed by atoms with E-state index in [9.17, 15) is 9.65 Å². The Morgan fingerprint density at radius 1 is 1.00 bits per heavy atom. The van der Waals surface area contributed by atoms with Crippen LogP contribution in [0, 0.1) is 17.1 Å². The van der Waals surface area contributed by atoms with Crippen molar-refractivity contribution in [1.29, 1.82) is 5.26 Å². The van der Waals surface area contributed by atoms with E-state index in [1.807, 2.05) is 30.3 Å². The van der Waals surface area contributed by atoms with Crippen molar-refractivity contribution in [2.24, 2.45) is 0 Å². The Kier molecular flexibility index (Phi) is 7.95. The van der Waals surface area contributed by atoms with Crippen LogP contribution in [0.3, 0.4) is 0 Å². The second-order valence-electron chi connectivity index (χ2n) is 10.4. The molecule has 42 heavy (non-hydrogen) atoms. The van der Waals surface area contributed by atoms with Crippen LogP contribution in [0.5, 0.6) is 5.75 Å². The molecule has 1 aromatic heterocycles. The molecular formula is C32H32FN7O2. The molecule has 3 aromatic carbocycles. The SMILES string of the molecule is COc1cc(Nc2ncnc(-c3cccc(C#N)c3)n2)ccc1N1CCCCC1(c1ccc(F)cc1)N1CCOCC1. The van der Waals surface area contributed by atoms with Crippen LogP contribution in [-0.2, 0) is 10.4 Å². The Bertz CT molecular complexity index is 1590. The van der Waals surface area contributed by atoms with Crippen molar-refractivity contribution in [3.05, 3.63) is 90.0 Å². The lowest BCUT2D eigenvalue weighted by molar-refractivity contribution is -0.0365. The number of nitriles is 1. The van der Waals surface area contributed by atoms with Crippen LogP contribution in [0.2, 0.25) is 0 Å². The van der Waals surface area contributed by atoms with Crippen molar-refractivity contribution in [1.82, 2.24) is 19.9 Å². The maximum absolute atomic E-state index is 14.0. The quantitative estimate of drug-likeness (QED) is 0.312. The summed E-state index contributed by atoms with van der Waals surface area (Å²) >= 11 is 0. The van der Waals surface area contributed by atoms with Gasteiger partial charge in [0.25, 0.3) is 0 Å². The van der Waals surface area contributed by atoms with Gasteiger partial charge in [0, 0.05) is 37.0 Å². The molecule has 0 radical (unpaired) electrons. The van der Waals surface area contributed by atoms with Crippen molar-refractivity contribution in [2.75, 3.05) is 50.2 Å². The van der Waals surface area contributed by atoms with Gasteiger partial charge in [0.15, 0.2) is 5.82 Å². The van der Waals surface area contributed by atoms with Gasteiger partial charge in [-0.3, -0.25) is 4.90 Å². The molecule has 0 saturated carbocycles. The molecule has 0 spiro atoms. The molecule has 6 rings (SSSR count). The van der Waals surface area contributed by atoms with E-state index in [2.05, 4.69) is 42.2 Å². The molecule has 1 unspecified atom stereocenters. The van der Waals surface area contributed by atoms with Crippen LogP contribution >= 0.6 is 0 Å². The number of rotatable bonds is 7. The van der Waals surface area contributed by atoms with Crippen LogP contribution in [-0.4, -0.2) is 59.8 Å². The molecule has 0 bridgehead atoms. The smallest absolute Gasteiger partial charge is 0.230 e. The molecule has 4 aromatic rings. The summed E-state index contributed by atoms with van der Waals surface area (Å²) in [6.07, 6.45) is 4.45. The zero-order valence-electron chi connectivity index (χ0n) is 23.5. The molecule has 2 fully saturated rings. The van der Waals surface area contributed by atoms with Gasteiger partial charge in [0.2, 0.25) is 5.95 Å². The fraction of sp³-hybridized carbons (Fsp3) is 0.312. The number of piperidine rings is 1. The van der Waals surface area contributed by atoms with Gasteiger partial charge >= 0.3 is 0 Å². The number of nitrogens with zero attached hydrogens (tertiary/aromatic N) is 6. The number of ether oxygens (including phenoxy) is 2. The van der Waals surface area contributed by atoms with Gasteiger partial charge in [-0.15, -0.1) is 0 Å². The van der Waals surface area contributed by atoms with Gasteiger partial charge < -0.3 is 19.7 Å². The topological polar surface area (TPSA) is 99.4 Å². The summed E-state index contributed by atoms with van der Waals surface area (Å²) in [5.74, 6) is 1.31. The molecule has 214 valence electrons. The highest BCUT2D eigenvalue weighted by molar-refractivity contribution is 5.69. The third-order valence-electron chi connectivity index (χ3n) is 7.99. The van der Waals surface area contributed by atoms with Gasteiger partial charge in [-0.1, -0.05) is 24.3 Å². The second-order valence-corrected chi connectivity index (χ2v) is 10.4. The summed E-state index contributed by atoms with van der Waals surface area (Å²) in [6, 6.07) is 22.2. The summed E-state index contributed by atoms with van der Waals surface area (Å²) in [4.78, 5) is 18.1. The van der Waals surface area contributed by atoms with Crippen molar-refractivity contribution in [3.63, 3.8) is 0 Å². The standard InChI is InChI=1S/C32H32FN7O2/c1-41-29-20-27(37-31-36-22-35-30(38-31)24-6-4-5-23(19-24)21-34)11-12-28(29)40-14-3-2-13-32(40,39-15-17-42-18-16-39)25-7-9-26(33)10-8-25/h4-12,19-20,22H,2-3,13-18H2,1H3,(H,35,36,37,38). The monoisotopic (exact) mass is 565 g/mol. The van der Waals surface area contributed by atoms with Crippen molar-refractivity contribution in [2.45, 2.75) is 24.9 Å². The highest BCUT2D eigenvalue weighted by Gasteiger charge is 2.46. The van der Waals surface area contributed by atoms with Gasteiger partial charge in [-0.25, -0.2) is 14.4 Å². The second kappa shape index (κ2) is 12.1. The lowest BCUT2D eigenvalue weighted by Gasteiger charge is -2.56. The van der Waals surface area contributed by atoms with Gasteiger partial charge in [0.05, 0.1) is 37.6 Å². The van der Waals surface area contributed by atoms with E-state index < -0.39 is 5.66 Å². The molecule has 2 saturated heterocycles. The number of hydrogen-bond donors (Lipinski definition) is 1. The number of nitrogens with one attached hydrogen (secondary N) is 1. The summed E-state index contributed by atoms with van der Waals surface area (Å²) in [5, 5.41) is 12.5. The van der Waals surface area contributed by atoms with E-state index in [-0.39, 0.29) is 5.82 Å². The first-order valence-corrected chi connectivity index (χ1v) is 14.1. The Balaban J connectivity index is 1.34. The summed E-state index contributed by atoms with van der Waals surface area (Å²) < 4.78 is 25.7. The fourth-order valence-electron chi connectivity index (χ4n) is 6.07. The zero-order valence-corrected chi connectivity index (χ0v) is 23.5. The molecule has 2 aliphatic heterocycles. The van der Waals surface area contributed by atoms with Crippen molar-refractivity contribution < 1.29 is 13.9 Å². The highest BCUT2D eigenvalue weighted by Crippen LogP contribution is 2.47. The van der Waals surface area contributed by atoms with Crippen LogP contribution in [0.15, 0.2) is 73.1 Å². The number of hydrogen-bond acceptors (Lipinski definition) is 9. The third kappa shape index (κ3) is 5.36. The van der Waals surface area contributed by atoms with E-state index in [0.29, 0.717) is 36.3 Å². The largest absolute Gasteiger partial charge is 0.495 e. The number of aromatic nitrogens is 3. The normalized spacial score (nSPS) is 19.2. The molecular weight excluding hydrogens is 533 g/mol. The number of morpholine rings is 1. The van der Waals surface area contributed by atoms with E-state index in [0.717, 1.165) is 61.4 Å². The molecule has 10 heteroatoms. The minimum absolute atomic E-state index is 0.245. The number of methoxy groups -OCH3 is 1. The Hall–Kier alpha value is -4.59. The summed E-state index contributed by atoms with van der Waals surface area (Å²) in [7, 11) is 1.67. The highest BCUT2D eigenvalue weighted by atomic mass is 19.1. The molecule has 1 atom stereocenters. The first kappa shape index (κ1) is 27.6. The predicted octanol–water partition coefficient (Wildman–Crippen LogP) is 5.48. The Morgan fingerprint density at radius 3 is 2.62 bits per heavy atom. The third-order valence-corrected chi connectivity index (χ3v) is 7.99. The van der Waals surface area contributed by atoms with Crippen LogP contribution in [0.25, 0.3) is 11.4 Å². The minimum atomic E-state index is -0.459. The lowest BCUT2D eigenvalue weighted by Crippen LogP contribution is -2.63. The minimum Gasteiger partial charge on any atom is -0.495 e. The van der Waals surface area contributed by atoms with Crippen molar-refractivity contribution >= 4 is 17.3 Å². The van der Waals surface area contributed by atoms with Gasteiger partial charge in [-0.2, -0.15) is 10.2 Å². The Morgan fingerprint density at radius 2 is 1.83 bits per heavy atom. The molecule has 3 heterocycles. The average Bonchev–Trinajstić information content (AvgIpc) is 3.05. The molecule has 9 nitrogen and oxygen atoms in total. The van der Waals surface area contributed by atoms with Gasteiger partial charge in [-0.05, 0) is 61.2 Å². The number of benzene rings is 3. The Labute approximate surface area is 244 Å². The van der Waals surface area contributed by atoms with Crippen LogP contribution in [0.4, 0.5) is 21.7 Å². The van der Waals surface area contributed by atoms with Crippen LogP contribution < -0.4 is 15.0 Å². The molecule has 0 aliphatic carbocycles. The predicted molar refractivity (Wildman–Crippen MR) is 158 cm³/mol. The molecule has 2 aliphatic rings. The summed E-state index contributed by atoms with van der Waals surface area (Å²) in [5.41, 5.74) is 3.59. The molecule has 0 amide bonds. The zero-order chi connectivity index (χ0) is 28.9. The maximum atomic E-state index is 14.0. The van der Waals surface area contributed by atoms with E-state index in [1.165, 1.54) is 6.33 Å². The average molecular weight is 566 g/mol. The lowest BCUT2D eigenvalue weighted by atomic mass is 9.85. The van der Waals surface area contributed by atoms with Crippen LogP contribution in [0.1, 0.15) is 30.4 Å². The van der Waals surface area contributed by atoms with E-state index >= 15 is 0 Å². The first-order chi connectivity index (χ1) is 20.6. The number of anilines is 3.